The molecule has 1 aliphatic carbocycles. The number of fused-ring (bicyclic) bond motifs is 1. The fourth-order valence-corrected chi connectivity index (χ4v) is 2.41. The number of aryl methyl sites for hydroxylation is 1. The number of pyridine rings is 1. The molecular weight excluding hydrogens is 269 g/mol. The zero-order valence-electron chi connectivity index (χ0n) is 11.6. The van der Waals surface area contributed by atoms with Crippen molar-refractivity contribution in [3.63, 3.8) is 0 Å². The minimum atomic E-state index is -0.359. The van der Waals surface area contributed by atoms with Gasteiger partial charge in [-0.1, -0.05) is 6.07 Å². The molecule has 21 heavy (non-hydrogen) atoms. The van der Waals surface area contributed by atoms with Gasteiger partial charge in [-0.25, -0.2) is 14.4 Å². The Bertz CT molecular complexity index is 824. The van der Waals surface area contributed by atoms with Gasteiger partial charge in [-0.3, -0.25) is 0 Å². The SMILES string of the molecule is Cn1c(-c2cccc(OC3CC3)c2F)nc2ncccc21. The second kappa shape index (κ2) is 4.55. The first-order valence-corrected chi connectivity index (χ1v) is 6.97. The van der Waals surface area contributed by atoms with Crippen molar-refractivity contribution in [3.8, 4) is 17.1 Å². The molecule has 0 saturated heterocycles. The van der Waals surface area contributed by atoms with E-state index >= 15 is 0 Å². The van der Waals surface area contributed by atoms with Crippen LogP contribution in [0.25, 0.3) is 22.6 Å². The summed E-state index contributed by atoms with van der Waals surface area (Å²) in [6.45, 7) is 0. The van der Waals surface area contributed by atoms with Crippen LogP contribution in [0.3, 0.4) is 0 Å². The zero-order valence-corrected chi connectivity index (χ0v) is 11.6. The lowest BCUT2D eigenvalue weighted by molar-refractivity contribution is 0.288. The molecule has 0 aliphatic heterocycles. The summed E-state index contributed by atoms with van der Waals surface area (Å²) in [7, 11) is 1.86. The Labute approximate surface area is 121 Å². The smallest absolute Gasteiger partial charge is 0.178 e. The molecule has 1 aliphatic rings. The predicted octanol–water partition coefficient (Wildman–Crippen LogP) is 3.32. The van der Waals surface area contributed by atoms with Gasteiger partial charge >= 0.3 is 0 Å². The highest BCUT2D eigenvalue weighted by atomic mass is 19.1. The lowest BCUT2D eigenvalue weighted by Gasteiger charge is -2.09. The molecule has 1 saturated carbocycles. The van der Waals surface area contributed by atoms with Gasteiger partial charge in [0, 0.05) is 13.2 Å². The summed E-state index contributed by atoms with van der Waals surface area (Å²) in [5.41, 5.74) is 1.93. The molecule has 1 fully saturated rings. The molecule has 2 heterocycles. The maximum Gasteiger partial charge on any atom is 0.178 e. The van der Waals surface area contributed by atoms with Crippen molar-refractivity contribution in [2.45, 2.75) is 18.9 Å². The van der Waals surface area contributed by atoms with Crippen LogP contribution in [0, 0.1) is 5.82 Å². The normalized spacial score (nSPS) is 14.6. The Kier molecular flexibility index (Phi) is 2.67. The lowest BCUT2D eigenvalue weighted by Crippen LogP contribution is -2.01. The third-order valence-electron chi connectivity index (χ3n) is 3.68. The highest BCUT2D eigenvalue weighted by molar-refractivity contribution is 5.77. The third kappa shape index (κ3) is 2.05. The lowest BCUT2D eigenvalue weighted by atomic mass is 10.2. The molecular formula is C16H14FN3O. The molecule has 4 rings (SSSR count). The molecule has 0 N–H and O–H groups in total. The molecule has 0 atom stereocenters. The van der Waals surface area contributed by atoms with E-state index in [4.69, 9.17) is 4.74 Å². The summed E-state index contributed by atoms with van der Waals surface area (Å²) in [4.78, 5) is 8.65. The van der Waals surface area contributed by atoms with Crippen molar-refractivity contribution in [3.05, 3.63) is 42.3 Å². The molecule has 106 valence electrons. The van der Waals surface area contributed by atoms with Gasteiger partial charge < -0.3 is 9.30 Å². The van der Waals surface area contributed by atoms with Crippen LogP contribution >= 0.6 is 0 Å². The molecule has 0 unspecified atom stereocenters. The summed E-state index contributed by atoms with van der Waals surface area (Å²) in [5, 5.41) is 0. The zero-order chi connectivity index (χ0) is 14.4. The van der Waals surface area contributed by atoms with Crippen molar-refractivity contribution < 1.29 is 9.13 Å². The number of hydrogen-bond acceptors (Lipinski definition) is 3. The van der Waals surface area contributed by atoms with E-state index in [1.165, 1.54) is 0 Å². The fourth-order valence-electron chi connectivity index (χ4n) is 2.41. The van der Waals surface area contributed by atoms with Crippen LogP contribution in [0.15, 0.2) is 36.5 Å². The van der Waals surface area contributed by atoms with Gasteiger partial charge in [0.1, 0.15) is 5.82 Å². The minimum absolute atomic E-state index is 0.164. The molecule has 0 amide bonds. The van der Waals surface area contributed by atoms with Crippen molar-refractivity contribution in [2.75, 3.05) is 0 Å². The summed E-state index contributed by atoms with van der Waals surface area (Å²) in [6.07, 6.45) is 3.85. The van der Waals surface area contributed by atoms with Crippen LogP contribution in [0.4, 0.5) is 4.39 Å². The van der Waals surface area contributed by atoms with Crippen LogP contribution in [-0.2, 0) is 7.05 Å². The molecule has 0 radical (unpaired) electrons. The summed E-state index contributed by atoms with van der Waals surface area (Å²) >= 11 is 0. The van der Waals surface area contributed by atoms with Crippen LogP contribution in [0.5, 0.6) is 5.75 Å². The molecule has 4 nitrogen and oxygen atoms in total. The highest BCUT2D eigenvalue weighted by Gasteiger charge is 2.26. The van der Waals surface area contributed by atoms with Crippen LogP contribution < -0.4 is 4.74 Å². The second-order valence-corrected chi connectivity index (χ2v) is 5.28. The number of rotatable bonds is 3. The predicted molar refractivity (Wildman–Crippen MR) is 77.6 cm³/mol. The fraction of sp³-hybridized carbons (Fsp3) is 0.250. The first-order valence-electron chi connectivity index (χ1n) is 6.97. The number of imidazole rings is 1. The van der Waals surface area contributed by atoms with Gasteiger partial charge in [-0.15, -0.1) is 0 Å². The van der Waals surface area contributed by atoms with Gasteiger partial charge in [0.25, 0.3) is 0 Å². The molecule has 3 aromatic rings. The maximum atomic E-state index is 14.7. The first-order chi connectivity index (χ1) is 10.2. The number of hydrogen-bond donors (Lipinski definition) is 0. The average Bonchev–Trinajstić information content (AvgIpc) is 3.25. The average molecular weight is 283 g/mol. The van der Waals surface area contributed by atoms with E-state index in [1.807, 2.05) is 23.7 Å². The maximum absolute atomic E-state index is 14.7. The Morgan fingerprint density at radius 2 is 2.10 bits per heavy atom. The van der Waals surface area contributed by atoms with Crippen LogP contribution in [0.1, 0.15) is 12.8 Å². The van der Waals surface area contributed by atoms with Gasteiger partial charge in [0.2, 0.25) is 0 Å². The Morgan fingerprint density at radius 1 is 1.24 bits per heavy atom. The summed E-state index contributed by atoms with van der Waals surface area (Å²) in [6, 6.07) is 8.94. The molecule has 0 spiro atoms. The van der Waals surface area contributed by atoms with Crippen LogP contribution in [0.2, 0.25) is 0 Å². The second-order valence-electron chi connectivity index (χ2n) is 5.28. The van der Waals surface area contributed by atoms with Gasteiger partial charge in [0.15, 0.2) is 17.2 Å². The van der Waals surface area contributed by atoms with E-state index in [0.717, 1.165) is 18.4 Å². The van der Waals surface area contributed by atoms with Crippen LogP contribution in [-0.4, -0.2) is 20.6 Å². The Balaban J connectivity index is 1.86. The topological polar surface area (TPSA) is 39.9 Å². The van der Waals surface area contributed by atoms with Crippen molar-refractivity contribution in [1.82, 2.24) is 14.5 Å². The number of ether oxygens (including phenoxy) is 1. The number of halogens is 1. The Hall–Kier alpha value is -2.43. The van der Waals surface area contributed by atoms with E-state index in [9.17, 15) is 4.39 Å². The van der Waals surface area contributed by atoms with Gasteiger partial charge in [-0.2, -0.15) is 0 Å². The quantitative estimate of drug-likeness (QED) is 0.740. The molecule has 0 bridgehead atoms. The van der Waals surface area contributed by atoms with E-state index in [2.05, 4.69) is 9.97 Å². The molecule has 1 aromatic carbocycles. The van der Waals surface area contributed by atoms with Gasteiger partial charge in [0.05, 0.1) is 17.2 Å². The summed E-state index contributed by atoms with van der Waals surface area (Å²) < 4.78 is 22.1. The molecule has 2 aromatic heterocycles. The van der Waals surface area contributed by atoms with Crippen molar-refractivity contribution >= 4 is 11.2 Å². The third-order valence-corrected chi connectivity index (χ3v) is 3.68. The highest BCUT2D eigenvalue weighted by Crippen LogP contribution is 2.33. The van der Waals surface area contributed by atoms with Crippen molar-refractivity contribution in [2.24, 2.45) is 7.05 Å². The van der Waals surface area contributed by atoms with E-state index in [0.29, 0.717) is 22.8 Å². The van der Waals surface area contributed by atoms with E-state index in [1.54, 1.807) is 24.4 Å². The van der Waals surface area contributed by atoms with E-state index in [-0.39, 0.29) is 11.9 Å². The Morgan fingerprint density at radius 3 is 2.86 bits per heavy atom. The summed E-state index contributed by atoms with van der Waals surface area (Å²) in [5.74, 6) is 0.500. The molecule has 5 heteroatoms. The minimum Gasteiger partial charge on any atom is -0.487 e. The van der Waals surface area contributed by atoms with Gasteiger partial charge in [-0.05, 0) is 37.1 Å². The number of aromatic nitrogens is 3. The first kappa shape index (κ1) is 12.3. The number of nitrogens with zero attached hydrogens (tertiary/aromatic N) is 3. The standard InChI is InChI=1S/C16H14FN3O/c1-20-12-5-3-9-18-15(12)19-16(20)11-4-2-6-13(14(11)17)21-10-7-8-10/h2-6,9-10H,7-8H2,1H3. The van der Waals surface area contributed by atoms with E-state index < -0.39 is 0 Å². The monoisotopic (exact) mass is 283 g/mol. The van der Waals surface area contributed by atoms with Crippen molar-refractivity contribution in [1.29, 1.82) is 0 Å². The largest absolute Gasteiger partial charge is 0.487 e. The number of benzene rings is 1.